The molecule has 0 saturated carbocycles. The van der Waals surface area contributed by atoms with Gasteiger partial charge in [0.15, 0.2) is 15.8 Å². The van der Waals surface area contributed by atoms with Crippen molar-refractivity contribution in [2.75, 3.05) is 18.6 Å². The van der Waals surface area contributed by atoms with Crippen molar-refractivity contribution in [1.29, 1.82) is 0 Å². The summed E-state index contributed by atoms with van der Waals surface area (Å²) < 4.78 is 11.2. The van der Waals surface area contributed by atoms with Gasteiger partial charge >= 0.3 is 0 Å². The largest absolute Gasteiger partial charge is 0.545 e. The van der Waals surface area contributed by atoms with Crippen LogP contribution in [0.3, 0.4) is 0 Å². The summed E-state index contributed by atoms with van der Waals surface area (Å²) in [6.07, 6.45) is 1.73. The summed E-state index contributed by atoms with van der Waals surface area (Å²) in [6.45, 7) is 2.37. The lowest BCUT2D eigenvalue weighted by Gasteiger charge is -2.15. The predicted molar refractivity (Wildman–Crippen MR) is 111 cm³/mol. The highest BCUT2D eigenvalue weighted by Crippen LogP contribution is 2.37. The van der Waals surface area contributed by atoms with Crippen LogP contribution in [0.2, 0.25) is 0 Å². The summed E-state index contributed by atoms with van der Waals surface area (Å²) in [5.74, 6) is -0.349. The van der Waals surface area contributed by atoms with E-state index in [4.69, 9.17) is 21.7 Å². The number of methoxy groups -OCH3 is 1. The number of hydrogen-bond acceptors (Lipinski definition) is 7. The molecule has 3 rings (SSSR count). The van der Waals surface area contributed by atoms with Crippen molar-refractivity contribution in [2.45, 2.75) is 6.92 Å². The number of carbonyl (C=O) groups excluding carboxylic acids is 2. The quantitative estimate of drug-likeness (QED) is 0.531. The Balaban J connectivity index is 1.88. The van der Waals surface area contributed by atoms with Crippen LogP contribution in [0.15, 0.2) is 47.4 Å². The van der Waals surface area contributed by atoms with Crippen LogP contribution in [-0.4, -0.2) is 29.9 Å². The van der Waals surface area contributed by atoms with E-state index >= 15 is 0 Å². The Kier molecular flexibility index (Phi) is 6.01. The highest BCUT2D eigenvalue weighted by molar-refractivity contribution is 8.27. The minimum absolute atomic E-state index is 0.0337. The predicted octanol–water partition coefficient (Wildman–Crippen LogP) is 2.86. The van der Waals surface area contributed by atoms with E-state index in [2.05, 4.69) is 0 Å². The smallest absolute Gasteiger partial charge is 0.270 e. The molecular formula is C20H16NO5S2-. The van der Waals surface area contributed by atoms with Gasteiger partial charge in [-0.2, -0.15) is 0 Å². The summed E-state index contributed by atoms with van der Waals surface area (Å²) >= 11 is 6.52. The standard InChI is InChI=1S/C20H17NO5S2/c1-3-26-16-10-12(4-9-15(16)25-2)11-17-18(22)21(20(27)28-17)14-7-5-13(6-8-14)19(23)24/h4-11H,3H2,1-2H3,(H,23,24)/p-1/b17-11-. The molecule has 0 bridgehead atoms. The molecular weight excluding hydrogens is 398 g/mol. The second-order valence-corrected chi connectivity index (χ2v) is 7.37. The van der Waals surface area contributed by atoms with Gasteiger partial charge < -0.3 is 19.4 Å². The number of nitrogens with zero attached hydrogens (tertiary/aromatic N) is 1. The molecule has 0 radical (unpaired) electrons. The Bertz CT molecular complexity index is 969. The summed E-state index contributed by atoms with van der Waals surface area (Å²) in [5.41, 5.74) is 1.31. The van der Waals surface area contributed by atoms with Gasteiger partial charge in [-0.25, -0.2) is 0 Å². The minimum Gasteiger partial charge on any atom is -0.545 e. The SMILES string of the molecule is CCOc1cc(/C=C2\SC(=S)N(c3ccc(C(=O)[O-])cc3)C2=O)ccc1OC. The van der Waals surface area contributed by atoms with E-state index in [1.165, 1.54) is 40.9 Å². The number of carbonyl (C=O) groups is 2. The topological polar surface area (TPSA) is 78.9 Å². The van der Waals surface area contributed by atoms with Crippen molar-refractivity contribution in [1.82, 2.24) is 0 Å². The van der Waals surface area contributed by atoms with Crippen LogP contribution in [-0.2, 0) is 4.79 Å². The molecule has 28 heavy (non-hydrogen) atoms. The molecule has 2 aromatic carbocycles. The first-order valence-electron chi connectivity index (χ1n) is 8.34. The minimum atomic E-state index is -1.28. The van der Waals surface area contributed by atoms with Crippen LogP contribution in [0, 0.1) is 0 Å². The summed E-state index contributed by atoms with van der Waals surface area (Å²) in [4.78, 5) is 25.6. The molecule has 0 N–H and O–H groups in total. The molecule has 1 amide bonds. The third-order valence-corrected chi connectivity index (χ3v) is 5.24. The lowest BCUT2D eigenvalue weighted by Crippen LogP contribution is -2.28. The van der Waals surface area contributed by atoms with Crippen molar-refractivity contribution in [3.05, 3.63) is 58.5 Å². The maximum Gasteiger partial charge on any atom is 0.270 e. The summed E-state index contributed by atoms with van der Waals surface area (Å²) in [7, 11) is 1.56. The molecule has 0 unspecified atom stereocenters. The molecule has 0 spiro atoms. The van der Waals surface area contributed by atoms with Crippen LogP contribution in [0.25, 0.3) is 6.08 Å². The third kappa shape index (κ3) is 4.02. The summed E-state index contributed by atoms with van der Waals surface area (Å²) in [5, 5.41) is 10.9. The molecule has 1 fully saturated rings. The van der Waals surface area contributed by atoms with Gasteiger partial charge in [-0.05, 0) is 48.4 Å². The number of carboxylic acids is 1. The normalized spacial score (nSPS) is 15.2. The van der Waals surface area contributed by atoms with E-state index in [-0.39, 0.29) is 11.5 Å². The molecule has 144 valence electrons. The first-order chi connectivity index (χ1) is 13.4. The maximum absolute atomic E-state index is 12.8. The lowest BCUT2D eigenvalue weighted by molar-refractivity contribution is -0.255. The molecule has 6 nitrogen and oxygen atoms in total. The number of ether oxygens (including phenoxy) is 2. The highest BCUT2D eigenvalue weighted by atomic mass is 32.2. The Labute approximate surface area is 171 Å². The van der Waals surface area contributed by atoms with Gasteiger partial charge in [0.05, 0.1) is 30.3 Å². The van der Waals surface area contributed by atoms with Crippen molar-refractivity contribution in [2.24, 2.45) is 0 Å². The van der Waals surface area contributed by atoms with E-state index in [1.807, 2.05) is 13.0 Å². The fraction of sp³-hybridized carbons (Fsp3) is 0.150. The third-order valence-electron chi connectivity index (χ3n) is 3.94. The first kappa shape index (κ1) is 19.9. The fourth-order valence-corrected chi connectivity index (χ4v) is 3.94. The van der Waals surface area contributed by atoms with Gasteiger partial charge in [0.25, 0.3) is 5.91 Å². The number of amides is 1. The Hall–Kier alpha value is -2.84. The van der Waals surface area contributed by atoms with Crippen molar-refractivity contribution in [3.8, 4) is 11.5 Å². The van der Waals surface area contributed by atoms with E-state index in [0.717, 1.165) is 5.56 Å². The molecule has 1 saturated heterocycles. The van der Waals surface area contributed by atoms with Crippen LogP contribution < -0.4 is 19.5 Å². The average molecular weight is 414 g/mol. The second kappa shape index (κ2) is 8.45. The Morgan fingerprint density at radius 1 is 1.21 bits per heavy atom. The number of thioether (sulfide) groups is 1. The number of benzene rings is 2. The fourth-order valence-electron chi connectivity index (χ4n) is 2.64. The van der Waals surface area contributed by atoms with Crippen LogP contribution >= 0.6 is 24.0 Å². The molecule has 0 aromatic heterocycles. The Morgan fingerprint density at radius 2 is 1.93 bits per heavy atom. The van der Waals surface area contributed by atoms with Gasteiger partial charge in [0, 0.05) is 0 Å². The zero-order valence-electron chi connectivity index (χ0n) is 15.1. The number of hydrogen-bond donors (Lipinski definition) is 0. The number of thiocarbonyl (C=S) groups is 1. The number of carboxylic acid groups (broad SMARTS) is 1. The highest BCUT2D eigenvalue weighted by Gasteiger charge is 2.33. The van der Waals surface area contributed by atoms with Gasteiger partial charge in [-0.1, -0.05) is 42.2 Å². The molecule has 1 aliphatic heterocycles. The van der Waals surface area contributed by atoms with Crippen LogP contribution in [0.1, 0.15) is 22.8 Å². The average Bonchev–Trinajstić information content (AvgIpc) is 2.95. The van der Waals surface area contributed by atoms with Gasteiger partial charge in [0.1, 0.15) is 0 Å². The van der Waals surface area contributed by atoms with Gasteiger partial charge in [-0.3, -0.25) is 9.69 Å². The molecule has 1 heterocycles. The van der Waals surface area contributed by atoms with E-state index in [9.17, 15) is 14.7 Å². The van der Waals surface area contributed by atoms with E-state index in [1.54, 1.807) is 25.3 Å². The molecule has 0 atom stereocenters. The maximum atomic E-state index is 12.8. The lowest BCUT2D eigenvalue weighted by atomic mass is 10.1. The number of aromatic carboxylic acids is 1. The van der Waals surface area contributed by atoms with Crippen molar-refractivity contribution < 1.29 is 24.2 Å². The Morgan fingerprint density at radius 3 is 2.54 bits per heavy atom. The number of rotatable bonds is 6. The van der Waals surface area contributed by atoms with Crippen LogP contribution in [0.5, 0.6) is 11.5 Å². The molecule has 1 aliphatic rings. The molecule has 0 aliphatic carbocycles. The van der Waals surface area contributed by atoms with Crippen molar-refractivity contribution in [3.63, 3.8) is 0 Å². The summed E-state index contributed by atoms with van der Waals surface area (Å²) in [6, 6.07) is 11.2. The van der Waals surface area contributed by atoms with E-state index < -0.39 is 5.97 Å². The van der Waals surface area contributed by atoms with Gasteiger partial charge in [0.2, 0.25) is 0 Å². The monoisotopic (exact) mass is 414 g/mol. The van der Waals surface area contributed by atoms with Gasteiger partial charge in [-0.15, -0.1) is 0 Å². The zero-order chi connectivity index (χ0) is 20.3. The number of anilines is 1. The van der Waals surface area contributed by atoms with E-state index in [0.29, 0.717) is 33.0 Å². The van der Waals surface area contributed by atoms with Crippen LogP contribution in [0.4, 0.5) is 5.69 Å². The zero-order valence-corrected chi connectivity index (χ0v) is 16.8. The van der Waals surface area contributed by atoms with Crippen molar-refractivity contribution >= 4 is 51.9 Å². The first-order valence-corrected chi connectivity index (χ1v) is 9.57. The molecule has 8 heteroatoms. The molecule has 2 aromatic rings. The second-order valence-electron chi connectivity index (χ2n) is 5.69.